The van der Waals surface area contributed by atoms with Crippen LogP contribution in [0.15, 0.2) is 46.2 Å². The molecule has 0 aliphatic heterocycles. The van der Waals surface area contributed by atoms with Gasteiger partial charge in [-0.3, -0.25) is 9.52 Å². The maximum atomic E-state index is 12.1. The van der Waals surface area contributed by atoms with E-state index in [1.807, 2.05) is 0 Å². The van der Waals surface area contributed by atoms with Crippen LogP contribution in [0.4, 0.5) is 5.82 Å². The molecule has 2 rings (SSSR count). The summed E-state index contributed by atoms with van der Waals surface area (Å²) in [6.45, 7) is 1.42. The van der Waals surface area contributed by atoms with Gasteiger partial charge < -0.3 is 0 Å². The van der Waals surface area contributed by atoms with E-state index in [0.717, 1.165) is 0 Å². The first-order valence-corrected chi connectivity index (χ1v) is 7.77. The van der Waals surface area contributed by atoms with E-state index in [4.69, 9.17) is 0 Å². The van der Waals surface area contributed by atoms with Crippen molar-refractivity contribution in [1.29, 1.82) is 0 Å². The van der Waals surface area contributed by atoms with Crippen LogP contribution in [-0.4, -0.2) is 24.2 Å². The molecule has 1 N–H and O–H groups in total. The summed E-state index contributed by atoms with van der Waals surface area (Å²) >= 11 is 3.11. The fourth-order valence-electron chi connectivity index (χ4n) is 1.43. The van der Waals surface area contributed by atoms with Crippen LogP contribution in [0, 0.1) is 0 Å². The van der Waals surface area contributed by atoms with Crippen molar-refractivity contribution in [3.63, 3.8) is 0 Å². The van der Waals surface area contributed by atoms with Crippen molar-refractivity contribution in [2.75, 3.05) is 4.72 Å². The third-order valence-electron chi connectivity index (χ3n) is 2.43. The van der Waals surface area contributed by atoms with Gasteiger partial charge in [0.15, 0.2) is 11.6 Å². The molecule has 0 bridgehead atoms. The SMILES string of the molecule is CC(=O)c1ccc(S(=O)(=O)Nc2cnc(Br)cn2)cc1. The predicted molar refractivity (Wildman–Crippen MR) is 77.0 cm³/mol. The number of nitrogens with one attached hydrogen (secondary N) is 1. The lowest BCUT2D eigenvalue weighted by Gasteiger charge is -2.07. The number of sulfonamides is 1. The van der Waals surface area contributed by atoms with Crippen molar-refractivity contribution >= 4 is 37.6 Å². The average molecular weight is 356 g/mol. The Kier molecular flexibility index (Phi) is 4.15. The second-order valence-electron chi connectivity index (χ2n) is 3.91. The number of hydrogen-bond donors (Lipinski definition) is 1. The Labute approximate surface area is 124 Å². The molecular weight excluding hydrogens is 346 g/mol. The molecule has 1 aromatic carbocycles. The van der Waals surface area contributed by atoms with Crippen LogP contribution in [0.2, 0.25) is 0 Å². The van der Waals surface area contributed by atoms with Crippen molar-refractivity contribution in [3.05, 3.63) is 46.8 Å². The first kappa shape index (κ1) is 14.6. The minimum atomic E-state index is -3.75. The summed E-state index contributed by atoms with van der Waals surface area (Å²) in [4.78, 5) is 18.9. The van der Waals surface area contributed by atoms with Gasteiger partial charge >= 0.3 is 0 Å². The van der Waals surface area contributed by atoms with E-state index in [2.05, 4.69) is 30.6 Å². The van der Waals surface area contributed by atoms with Crippen LogP contribution in [0.1, 0.15) is 17.3 Å². The quantitative estimate of drug-likeness (QED) is 0.849. The van der Waals surface area contributed by atoms with Gasteiger partial charge in [0, 0.05) is 5.56 Å². The molecule has 6 nitrogen and oxygen atoms in total. The smallest absolute Gasteiger partial charge is 0.263 e. The highest BCUT2D eigenvalue weighted by atomic mass is 79.9. The monoisotopic (exact) mass is 355 g/mol. The van der Waals surface area contributed by atoms with Gasteiger partial charge in [0.25, 0.3) is 10.0 Å². The largest absolute Gasteiger partial charge is 0.295 e. The average Bonchev–Trinajstić information content (AvgIpc) is 2.41. The Morgan fingerprint density at radius 1 is 1.15 bits per heavy atom. The normalized spacial score (nSPS) is 11.1. The molecule has 0 saturated heterocycles. The van der Waals surface area contributed by atoms with Gasteiger partial charge in [-0.15, -0.1) is 0 Å². The Bertz CT molecular complexity index is 728. The third kappa shape index (κ3) is 3.40. The van der Waals surface area contributed by atoms with Gasteiger partial charge in [-0.05, 0) is 35.0 Å². The molecule has 104 valence electrons. The lowest BCUT2D eigenvalue weighted by atomic mass is 10.2. The van der Waals surface area contributed by atoms with E-state index in [1.165, 1.54) is 43.6 Å². The number of carbonyl (C=O) groups excluding carboxylic acids is 1. The second-order valence-corrected chi connectivity index (χ2v) is 6.41. The molecule has 0 amide bonds. The molecule has 1 aromatic heterocycles. The second kappa shape index (κ2) is 5.68. The molecule has 0 unspecified atom stereocenters. The molecule has 0 spiro atoms. The molecular formula is C12H10BrN3O3S. The van der Waals surface area contributed by atoms with Crippen LogP contribution >= 0.6 is 15.9 Å². The topological polar surface area (TPSA) is 89.0 Å². The van der Waals surface area contributed by atoms with Gasteiger partial charge in [-0.25, -0.2) is 18.4 Å². The lowest BCUT2D eigenvalue weighted by molar-refractivity contribution is 0.101. The molecule has 0 saturated carbocycles. The number of hydrogen-bond acceptors (Lipinski definition) is 5. The fraction of sp³-hybridized carbons (Fsp3) is 0.0833. The fourth-order valence-corrected chi connectivity index (χ4v) is 2.63. The lowest BCUT2D eigenvalue weighted by Crippen LogP contribution is -2.14. The zero-order valence-electron chi connectivity index (χ0n) is 10.4. The van der Waals surface area contributed by atoms with Gasteiger partial charge in [0.05, 0.1) is 17.3 Å². The summed E-state index contributed by atoms with van der Waals surface area (Å²) < 4.78 is 27.0. The zero-order valence-corrected chi connectivity index (χ0v) is 12.8. The van der Waals surface area contributed by atoms with Crippen LogP contribution in [0.3, 0.4) is 0 Å². The molecule has 1 heterocycles. The molecule has 0 radical (unpaired) electrons. The summed E-state index contributed by atoms with van der Waals surface area (Å²) in [5.74, 6) is -0.00970. The highest BCUT2D eigenvalue weighted by molar-refractivity contribution is 9.10. The molecule has 2 aromatic rings. The minimum absolute atomic E-state index is 0.0484. The number of anilines is 1. The van der Waals surface area contributed by atoms with Crippen LogP contribution in [0.25, 0.3) is 0 Å². The molecule has 8 heteroatoms. The molecule has 0 aliphatic rings. The number of Topliss-reactive ketones (excluding diaryl/α,β-unsaturated/α-hetero) is 1. The van der Waals surface area contributed by atoms with Gasteiger partial charge in [0.2, 0.25) is 0 Å². The third-order valence-corrected chi connectivity index (χ3v) is 4.21. The van der Waals surface area contributed by atoms with Crippen molar-refractivity contribution in [2.24, 2.45) is 0 Å². The van der Waals surface area contributed by atoms with Crippen LogP contribution in [-0.2, 0) is 10.0 Å². The summed E-state index contributed by atoms with van der Waals surface area (Å²) in [6.07, 6.45) is 2.68. The number of aromatic nitrogens is 2. The number of benzene rings is 1. The van der Waals surface area contributed by atoms with Crippen LogP contribution < -0.4 is 4.72 Å². The van der Waals surface area contributed by atoms with E-state index < -0.39 is 10.0 Å². The number of halogens is 1. The molecule has 0 atom stereocenters. The summed E-state index contributed by atoms with van der Waals surface area (Å²) in [7, 11) is -3.75. The summed E-state index contributed by atoms with van der Waals surface area (Å²) in [6, 6.07) is 5.66. The number of carbonyl (C=O) groups is 1. The maximum absolute atomic E-state index is 12.1. The van der Waals surface area contributed by atoms with E-state index in [9.17, 15) is 13.2 Å². The molecule has 20 heavy (non-hydrogen) atoms. The Balaban J connectivity index is 2.26. The van der Waals surface area contributed by atoms with Crippen molar-refractivity contribution < 1.29 is 13.2 Å². The Hall–Kier alpha value is -1.80. The van der Waals surface area contributed by atoms with Gasteiger partial charge in [-0.1, -0.05) is 12.1 Å². The van der Waals surface area contributed by atoms with E-state index >= 15 is 0 Å². The van der Waals surface area contributed by atoms with E-state index in [0.29, 0.717) is 10.2 Å². The molecule has 0 fully saturated rings. The highest BCUT2D eigenvalue weighted by Gasteiger charge is 2.15. The number of rotatable bonds is 4. The Morgan fingerprint density at radius 2 is 1.80 bits per heavy atom. The van der Waals surface area contributed by atoms with E-state index in [1.54, 1.807) is 0 Å². The zero-order chi connectivity index (χ0) is 14.8. The first-order valence-electron chi connectivity index (χ1n) is 5.50. The van der Waals surface area contributed by atoms with Crippen molar-refractivity contribution in [2.45, 2.75) is 11.8 Å². The predicted octanol–water partition coefficient (Wildman–Crippen LogP) is 2.24. The van der Waals surface area contributed by atoms with E-state index in [-0.39, 0.29) is 16.5 Å². The molecule has 0 aliphatic carbocycles. The van der Waals surface area contributed by atoms with Crippen molar-refractivity contribution in [1.82, 2.24) is 9.97 Å². The first-order chi connectivity index (χ1) is 9.38. The number of nitrogens with zero attached hydrogens (tertiary/aromatic N) is 2. The van der Waals surface area contributed by atoms with Crippen molar-refractivity contribution in [3.8, 4) is 0 Å². The van der Waals surface area contributed by atoms with Gasteiger partial charge in [-0.2, -0.15) is 0 Å². The number of ketones is 1. The van der Waals surface area contributed by atoms with Gasteiger partial charge in [0.1, 0.15) is 4.60 Å². The summed E-state index contributed by atoms with van der Waals surface area (Å²) in [5, 5.41) is 0. The van der Waals surface area contributed by atoms with Crippen LogP contribution in [0.5, 0.6) is 0 Å². The Morgan fingerprint density at radius 3 is 2.30 bits per heavy atom. The standard InChI is InChI=1S/C12H10BrN3O3S/c1-8(17)9-2-4-10(5-3-9)20(18,19)16-12-7-14-11(13)6-15-12/h2-7H,1H3,(H,15,16). The maximum Gasteiger partial charge on any atom is 0.263 e. The summed E-state index contributed by atoms with van der Waals surface area (Å²) in [5.41, 5.74) is 0.451. The highest BCUT2D eigenvalue weighted by Crippen LogP contribution is 2.15. The minimum Gasteiger partial charge on any atom is -0.295 e.